The maximum atomic E-state index is 12.6. The van der Waals surface area contributed by atoms with Crippen molar-refractivity contribution in [2.75, 3.05) is 6.54 Å². The van der Waals surface area contributed by atoms with Crippen molar-refractivity contribution in [2.24, 2.45) is 0 Å². The van der Waals surface area contributed by atoms with Crippen LogP contribution in [0.25, 0.3) is 5.65 Å². The summed E-state index contributed by atoms with van der Waals surface area (Å²) in [6.07, 6.45) is 5.53. The van der Waals surface area contributed by atoms with Gasteiger partial charge >= 0.3 is 0 Å². The smallest absolute Gasteiger partial charge is 0.274 e. The molecule has 21 heavy (non-hydrogen) atoms. The Kier molecular flexibility index (Phi) is 2.81. The quantitative estimate of drug-likeness (QED) is 0.677. The molecule has 0 N–H and O–H groups in total. The Balaban J connectivity index is 1.64. The molecule has 0 aromatic carbocycles. The van der Waals surface area contributed by atoms with E-state index in [2.05, 4.69) is 30.6 Å². The molecular weight excluding hydrogens is 334 g/mol. The van der Waals surface area contributed by atoms with Gasteiger partial charge in [-0.15, -0.1) is 0 Å². The lowest BCUT2D eigenvalue weighted by Crippen LogP contribution is -2.38. The molecule has 7 heteroatoms. The van der Waals surface area contributed by atoms with E-state index in [-0.39, 0.29) is 5.91 Å². The minimum absolute atomic E-state index is 0.0518. The molecule has 0 saturated heterocycles. The predicted molar refractivity (Wildman–Crippen MR) is 79.9 cm³/mol. The van der Waals surface area contributed by atoms with Crippen LogP contribution >= 0.6 is 15.9 Å². The van der Waals surface area contributed by atoms with Crippen LogP contribution in [0.1, 0.15) is 16.2 Å². The van der Waals surface area contributed by atoms with Crippen LogP contribution in [0.15, 0.2) is 41.3 Å². The second kappa shape index (κ2) is 4.70. The van der Waals surface area contributed by atoms with E-state index >= 15 is 0 Å². The Labute approximate surface area is 129 Å². The number of amides is 1. The number of carbonyl (C=O) groups is 1. The molecule has 4 rings (SSSR count). The minimum Gasteiger partial charge on any atom is -0.348 e. The molecule has 0 aliphatic carbocycles. The largest absolute Gasteiger partial charge is 0.348 e. The maximum Gasteiger partial charge on any atom is 0.274 e. The lowest BCUT2D eigenvalue weighted by atomic mass is 10.2. The fourth-order valence-corrected chi connectivity index (χ4v) is 2.90. The molecule has 0 saturated carbocycles. The van der Waals surface area contributed by atoms with Gasteiger partial charge in [-0.25, -0.2) is 9.50 Å². The summed E-state index contributed by atoms with van der Waals surface area (Å²) in [6, 6.07) is 5.78. The van der Waals surface area contributed by atoms with Gasteiger partial charge in [0, 0.05) is 43.4 Å². The van der Waals surface area contributed by atoms with Crippen LogP contribution in [0, 0.1) is 0 Å². The van der Waals surface area contributed by atoms with E-state index < -0.39 is 0 Å². The van der Waals surface area contributed by atoms with Crippen LogP contribution in [0.5, 0.6) is 0 Å². The zero-order chi connectivity index (χ0) is 14.4. The highest BCUT2D eigenvalue weighted by Gasteiger charge is 2.23. The van der Waals surface area contributed by atoms with Gasteiger partial charge in [0.05, 0.1) is 11.0 Å². The van der Waals surface area contributed by atoms with Crippen LogP contribution < -0.4 is 0 Å². The van der Waals surface area contributed by atoms with Crippen molar-refractivity contribution in [3.05, 3.63) is 52.7 Å². The van der Waals surface area contributed by atoms with E-state index in [0.717, 1.165) is 16.7 Å². The van der Waals surface area contributed by atoms with Crippen LogP contribution in [0.4, 0.5) is 0 Å². The van der Waals surface area contributed by atoms with Crippen molar-refractivity contribution in [2.45, 2.75) is 13.1 Å². The third-order valence-electron chi connectivity index (χ3n) is 3.68. The van der Waals surface area contributed by atoms with Crippen molar-refractivity contribution in [1.29, 1.82) is 0 Å². The first-order chi connectivity index (χ1) is 10.2. The number of halogens is 1. The monoisotopic (exact) mass is 345 g/mol. The van der Waals surface area contributed by atoms with Gasteiger partial charge in [0.25, 0.3) is 5.91 Å². The molecule has 4 heterocycles. The van der Waals surface area contributed by atoms with Crippen molar-refractivity contribution in [1.82, 2.24) is 24.1 Å². The van der Waals surface area contributed by atoms with Crippen molar-refractivity contribution >= 4 is 27.5 Å². The number of fused-ring (bicyclic) bond motifs is 2. The molecule has 1 amide bonds. The molecule has 0 unspecified atom stereocenters. The van der Waals surface area contributed by atoms with Gasteiger partial charge in [0.2, 0.25) is 0 Å². The molecule has 0 bridgehead atoms. The first kappa shape index (κ1) is 12.6. The topological polar surface area (TPSA) is 55.4 Å². The van der Waals surface area contributed by atoms with Crippen LogP contribution in [0.3, 0.4) is 0 Å². The van der Waals surface area contributed by atoms with E-state index in [4.69, 9.17) is 0 Å². The van der Waals surface area contributed by atoms with E-state index in [1.165, 1.54) is 0 Å². The lowest BCUT2D eigenvalue weighted by molar-refractivity contribution is 0.0705. The normalized spacial score (nSPS) is 14.4. The summed E-state index contributed by atoms with van der Waals surface area (Å²) in [5.74, 6) is -0.0518. The summed E-state index contributed by atoms with van der Waals surface area (Å²) >= 11 is 3.35. The zero-order valence-corrected chi connectivity index (χ0v) is 12.7. The van der Waals surface area contributed by atoms with E-state index in [1.54, 1.807) is 23.0 Å². The summed E-state index contributed by atoms with van der Waals surface area (Å²) in [6.45, 7) is 2.15. The SMILES string of the molecule is O=C(c1cc2ncc(Br)cn2n1)N1CCn2cccc2C1. The number of rotatable bonds is 1. The number of hydrogen-bond donors (Lipinski definition) is 0. The Morgan fingerprint density at radius 3 is 3.14 bits per heavy atom. The average Bonchev–Trinajstić information content (AvgIpc) is 3.11. The fraction of sp³-hybridized carbons (Fsp3) is 0.214. The van der Waals surface area contributed by atoms with Crippen molar-refractivity contribution in [3.63, 3.8) is 0 Å². The molecule has 0 radical (unpaired) electrons. The highest BCUT2D eigenvalue weighted by atomic mass is 79.9. The number of hydrogen-bond acceptors (Lipinski definition) is 3. The summed E-state index contributed by atoms with van der Waals surface area (Å²) in [5.41, 5.74) is 2.25. The fourth-order valence-electron chi connectivity index (χ4n) is 2.61. The summed E-state index contributed by atoms with van der Waals surface area (Å²) in [4.78, 5) is 18.6. The number of aromatic nitrogens is 4. The molecule has 6 nitrogen and oxygen atoms in total. The Morgan fingerprint density at radius 2 is 2.24 bits per heavy atom. The van der Waals surface area contributed by atoms with Crippen molar-refractivity contribution < 1.29 is 4.79 Å². The molecular formula is C14H12BrN5O. The minimum atomic E-state index is -0.0518. The zero-order valence-electron chi connectivity index (χ0n) is 11.1. The van der Waals surface area contributed by atoms with Gasteiger partial charge in [-0.1, -0.05) is 0 Å². The predicted octanol–water partition coefficient (Wildman–Crippen LogP) is 1.95. The van der Waals surface area contributed by atoms with Crippen LogP contribution in [0.2, 0.25) is 0 Å². The van der Waals surface area contributed by atoms with Gasteiger partial charge in [-0.2, -0.15) is 5.10 Å². The molecule has 1 aliphatic rings. The molecule has 0 atom stereocenters. The average molecular weight is 346 g/mol. The molecule has 0 spiro atoms. The molecule has 3 aromatic heterocycles. The Morgan fingerprint density at radius 1 is 1.33 bits per heavy atom. The van der Waals surface area contributed by atoms with Gasteiger partial charge in [0.15, 0.2) is 11.3 Å². The van der Waals surface area contributed by atoms with Crippen LogP contribution in [-0.4, -0.2) is 36.5 Å². The third kappa shape index (κ3) is 2.13. The number of carbonyl (C=O) groups excluding carboxylic acids is 1. The second-order valence-electron chi connectivity index (χ2n) is 5.02. The second-order valence-corrected chi connectivity index (χ2v) is 5.94. The molecule has 0 fully saturated rings. The van der Waals surface area contributed by atoms with Gasteiger partial charge in [0.1, 0.15) is 0 Å². The first-order valence-corrected chi connectivity index (χ1v) is 7.44. The standard InChI is InChI=1S/C14H12BrN5O/c15-10-7-16-13-6-12(17-20(13)8-10)14(21)19-5-4-18-3-1-2-11(18)9-19/h1-3,6-8H,4-5,9H2. The summed E-state index contributed by atoms with van der Waals surface area (Å²) in [5, 5.41) is 4.32. The Hall–Kier alpha value is -2.15. The third-order valence-corrected chi connectivity index (χ3v) is 4.08. The van der Waals surface area contributed by atoms with E-state index in [9.17, 15) is 4.79 Å². The summed E-state index contributed by atoms with van der Waals surface area (Å²) < 4.78 is 4.61. The molecule has 106 valence electrons. The van der Waals surface area contributed by atoms with Crippen molar-refractivity contribution in [3.8, 4) is 0 Å². The lowest BCUT2D eigenvalue weighted by Gasteiger charge is -2.28. The summed E-state index contributed by atoms with van der Waals surface area (Å²) in [7, 11) is 0. The molecule has 3 aromatic rings. The highest BCUT2D eigenvalue weighted by molar-refractivity contribution is 9.10. The van der Waals surface area contributed by atoms with Gasteiger partial charge in [-0.05, 0) is 28.1 Å². The highest BCUT2D eigenvalue weighted by Crippen LogP contribution is 2.16. The van der Waals surface area contributed by atoms with Gasteiger partial charge in [-0.3, -0.25) is 4.79 Å². The van der Waals surface area contributed by atoms with E-state index in [0.29, 0.717) is 24.4 Å². The number of nitrogens with zero attached hydrogens (tertiary/aromatic N) is 5. The first-order valence-electron chi connectivity index (χ1n) is 6.65. The maximum absolute atomic E-state index is 12.6. The Bertz CT molecular complexity index is 837. The van der Waals surface area contributed by atoms with Gasteiger partial charge < -0.3 is 9.47 Å². The molecule has 1 aliphatic heterocycles. The van der Waals surface area contributed by atoms with E-state index in [1.807, 2.05) is 23.2 Å². The van der Waals surface area contributed by atoms with Crippen LogP contribution in [-0.2, 0) is 13.1 Å².